The Morgan fingerprint density at radius 1 is 1.38 bits per heavy atom. The summed E-state index contributed by atoms with van der Waals surface area (Å²) in [6.45, 7) is 2.91. The number of carbonyl (C=O) groups is 1. The first-order valence-electron chi connectivity index (χ1n) is 8.09. The minimum atomic E-state index is 0.0717. The average Bonchev–Trinajstić information content (AvgIpc) is 3.31. The Bertz CT molecular complexity index is 856. The van der Waals surface area contributed by atoms with Crippen molar-refractivity contribution in [3.05, 3.63) is 64.5 Å². The number of hydrogen-bond acceptors (Lipinski definition) is 4. The van der Waals surface area contributed by atoms with Gasteiger partial charge in [0.05, 0.1) is 6.04 Å². The van der Waals surface area contributed by atoms with Crippen LogP contribution in [-0.2, 0) is 6.42 Å². The lowest BCUT2D eigenvalue weighted by Gasteiger charge is -2.35. The van der Waals surface area contributed by atoms with Crippen molar-refractivity contribution in [2.75, 3.05) is 6.54 Å². The molecule has 1 atom stereocenters. The predicted molar refractivity (Wildman–Crippen MR) is 93.5 cm³/mol. The van der Waals surface area contributed by atoms with Gasteiger partial charge in [-0.05, 0) is 42.0 Å². The van der Waals surface area contributed by atoms with Gasteiger partial charge in [0.2, 0.25) is 0 Å². The average molecular weight is 338 g/mol. The summed E-state index contributed by atoms with van der Waals surface area (Å²) in [4.78, 5) is 24.9. The predicted octanol–water partition coefficient (Wildman–Crippen LogP) is 3.48. The number of carbonyl (C=O) groups excluding carboxylic acids is 1. The van der Waals surface area contributed by atoms with E-state index in [1.165, 1.54) is 10.4 Å². The zero-order chi connectivity index (χ0) is 16.5. The smallest absolute Gasteiger partial charge is 0.254 e. The number of rotatable bonds is 3. The van der Waals surface area contributed by atoms with Crippen LogP contribution in [0.15, 0.2) is 48.5 Å². The lowest BCUT2D eigenvalue weighted by Crippen LogP contribution is -2.39. The zero-order valence-corrected chi connectivity index (χ0v) is 14.2. The van der Waals surface area contributed by atoms with Crippen LogP contribution in [0.25, 0.3) is 5.82 Å². The number of hydrogen-bond donors (Lipinski definition) is 0. The van der Waals surface area contributed by atoms with E-state index in [1.54, 1.807) is 40.7 Å². The highest BCUT2D eigenvalue weighted by Gasteiger charge is 2.31. The number of pyridine rings is 1. The molecule has 0 radical (unpaired) electrons. The molecule has 0 unspecified atom stereocenters. The van der Waals surface area contributed by atoms with Crippen LogP contribution in [0.3, 0.4) is 0 Å². The Labute approximate surface area is 144 Å². The molecule has 122 valence electrons. The normalized spacial score (nSPS) is 16.9. The summed E-state index contributed by atoms with van der Waals surface area (Å²) in [5, 5.41) is 2.13. The summed E-state index contributed by atoms with van der Waals surface area (Å²) < 4.78 is 1.81. The molecule has 4 heterocycles. The second-order valence-corrected chi connectivity index (χ2v) is 6.85. The third kappa shape index (κ3) is 2.53. The number of amides is 1. The maximum Gasteiger partial charge on any atom is 0.254 e. The third-order valence-corrected chi connectivity index (χ3v) is 5.50. The minimum absolute atomic E-state index is 0.0717. The van der Waals surface area contributed by atoms with Gasteiger partial charge in [-0.2, -0.15) is 0 Å². The van der Waals surface area contributed by atoms with Crippen molar-refractivity contribution in [1.82, 2.24) is 19.4 Å². The standard InChI is InChI=1S/C18H18N4OS/c1-2-15-14-5-10-24-16(14)4-8-22(15)18(23)13-3-6-20-17(11-13)21-9-7-19-12-21/h3,5-7,9-12,15H,2,4,8H2,1H3/t15-/m0/s1. The van der Waals surface area contributed by atoms with E-state index in [0.29, 0.717) is 11.4 Å². The molecule has 1 aliphatic rings. The summed E-state index contributed by atoms with van der Waals surface area (Å²) >= 11 is 1.80. The Kier molecular flexibility index (Phi) is 3.90. The molecule has 4 rings (SSSR count). The lowest BCUT2D eigenvalue weighted by atomic mass is 9.97. The lowest BCUT2D eigenvalue weighted by molar-refractivity contribution is 0.0657. The van der Waals surface area contributed by atoms with Gasteiger partial charge in [0.15, 0.2) is 0 Å². The van der Waals surface area contributed by atoms with E-state index in [9.17, 15) is 4.79 Å². The SMILES string of the molecule is CC[C@H]1c2ccsc2CCN1C(=O)c1ccnc(-n2ccnc2)c1. The van der Waals surface area contributed by atoms with Crippen molar-refractivity contribution in [2.45, 2.75) is 25.8 Å². The van der Waals surface area contributed by atoms with Crippen molar-refractivity contribution >= 4 is 17.2 Å². The summed E-state index contributed by atoms with van der Waals surface area (Å²) in [5.41, 5.74) is 1.98. The molecule has 0 saturated heterocycles. The molecular formula is C18H18N4OS. The van der Waals surface area contributed by atoms with Crippen LogP contribution in [0, 0.1) is 0 Å². The third-order valence-electron chi connectivity index (χ3n) is 4.50. The van der Waals surface area contributed by atoms with Crippen molar-refractivity contribution in [3.63, 3.8) is 0 Å². The first-order valence-corrected chi connectivity index (χ1v) is 8.97. The molecule has 5 nitrogen and oxygen atoms in total. The Morgan fingerprint density at radius 3 is 3.08 bits per heavy atom. The van der Waals surface area contributed by atoms with Crippen LogP contribution in [0.1, 0.15) is 40.2 Å². The summed E-state index contributed by atoms with van der Waals surface area (Å²) in [5.74, 6) is 0.780. The fourth-order valence-electron chi connectivity index (χ4n) is 3.33. The van der Waals surface area contributed by atoms with E-state index in [0.717, 1.165) is 19.4 Å². The van der Waals surface area contributed by atoms with Crippen LogP contribution >= 0.6 is 11.3 Å². The fourth-order valence-corrected chi connectivity index (χ4v) is 4.26. The highest BCUT2D eigenvalue weighted by Crippen LogP contribution is 2.36. The van der Waals surface area contributed by atoms with Crippen LogP contribution in [-0.4, -0.2) is 31.9 Å². The molecule has 0 aliphatic carbocycles. The van der Waals surface area contributed by atoms with Gasteiger partial charge in [-0.25, -0.2) is 9.97 Å². The van der Waals surface area contributed by atoms with E-state index in [4.69, 9.17) is 0 Å². The quantitative estimate of drug-likeness (QED) is 0.735. The van der Waals surface area contributed by atoms with Crippen molar-refractivity contribution < 1.29 is 4.79 Å². The maximum absolute atomic E-state index is 13.1. The van der Waals surface area contributed by atoms with Gasteiger partial charge < -0.3 is 4.90 Å². The Balaban J connectivity index is 1.65. The molecule has 0 saturated carbocycles. The van der Waals surface area contributed by atoms with Gasteiger partial charge in [0, 0.05) is 35.6 Å². The highest BCUT2D eigenvalue weighted by molar-refractivity contribution is 7.10. The minimum Gasteiger partial charge on any atom is -0.331 e. The van der Waals surface area contributed by atoms with Crippen LogP contribution in [0.2, 0.25) is 0 Å². The number of aromatic nitrogens is 3. The maximum atomic E-state index is 13.1. The second kappa shape index (κ2) is 6.20. The molecule has 1 aliphatic heterocycles. The van der Waals surface area contributed by atoms with Crippen molar-refractivity contribution in [3.8, 4) is 5.82 Å². The van der Waals surface area contributed by atoms with Crippen molar-refractivity contribution in [1.29, 1.82) is 0 Å². The molecule has 24 heavy (non-hydrogen) atoms. The zero-order valence-electron chi connectivity index (χ0n) is 13.4. The molecule has 1 amide bonds. The number of fused-ring (bicyclic) bond motifs is 1. The van der Waals surface area contributed by atoms with Crippen molar-refractivity contribution in [2.24, 2.45) is 0 Å². The van der Waals surface area contributed by atoms with Gasteiger partial charge in [0.25, 0.3) is 5.91 Å². The molecule has 0 aromatic carbocycles. The molecule has 0 N–H and O–H groups in total. The van der Waals surface area contributed by atoms with Gasteiger partial charge in [-0.1, -0.05) is 6.92 Å². The number of nitrogens with zero attached hydrogens (tertiary/aromatic N) is 4. The number of thiophene rings is 1. The molecular weight excluding hydrogens is 320 g/mol. The van der Waals surface area contributed by atoms with Crippen LogP contribution < -0.4 is 0 Å². The van der Waals surface area contributed by atoms with Crippen LogP contribution in [0.4, 0.5) is 0 Å². The molecule has 6 heteroatoms. The Morgan fingerprint density at radius 2 is 2.29 bits per heavy atom. The van der Waals surface area contributed by atoms with E-state index in [1.807, 2.05) is 17.2 Å². The molecule has 3 aromatic rings. The first kappa shape index (κ1) is 15.1. The van der Waals surface area contributed by atoms with E-state index >= 15 is 0 Å². The monoisotopic (exact) mass is 338 g/mol. The van der Waals surface area contributed by atoms with Gasteiger partial charge in [-0.15, -0.1) is 11.3 Å². The first-order chi connectivity index (χ1) is 11.8. The van der Waals surface area contributed by atoms with Gasteiger partial charge >= 0.3 is 0 Å². The van der Waals surface area contributed by atoms with Gasteiger partial charge in [-0.3, -0.25) is 9.36 Å². The summed E-state index contributed by atoms with van der Waals surface area (Å²) in [7, 11) is 0. The largest absolute Gasteiger partial charge is 0.331 e. The topological polar surface area (TPSA) is 51.0 Å². The number of imidazole rings is 1. The van der Waals surface area contributed by atoms with Gasteiger partial charge in [0.1, 0.15) is 12.1 Å². The fraction of sp³-hybridized carbons (Fsp3) is 0.278. The van der Waals surface area contributed by atoms with E-state index in [-0.39, 0.29) is 11.9 Å². The molecule has 0 fully saturated rings. The van der Waals surface area contributed by atoms with E-state index < -0.39 is 0 Å². The molecule has 0 spiro atoms. The molecule has 0 bridgehead atoms. The summed E-state index contributed by atoms with van der Waals surface area (Å²) in [6, 6.07) is 5.95. The van der Waals surface area contributed by atoms with Crippen LogP contribution in [0.5, 0.6) is 0 Å². The second-order valence-electron chi connectivity index (χ2n) is 5.84. The van der Waals surface area contributed by atoms with E-state index in [2.05, 4.69) is 28.3 Å². The molecule has 3 aromatic heterocycles. The summed E-state index contributed by atoms with van der Waals surface area (Å²) in [6.07, 6.45) is 8.76. The highest BCUT2D eigenvalue weighted by atomic mass is 32.1. The Hall–Kier alpha value is -2.47.